The molecule has 94 valence electrons. The molecule has 1 saturated carbocycles. The maximum Gasteiger partial charge on any atom is 0.0777 e. The van der Waals surface area contributed by atoms with Gasteiger partial charge >= 0.3 is 0 Å². The third-order valence-corrected chi connectivity index (χ3v) is 4.34. The molecule has 0 aromatic heterocycles. The van der Waals surface area contributed by atoms with Gasteiger partial charge in [-0.1, -0.05) is 6.92 Å². The van der Waals surface area contributed by atoms with Crippen molar-refractivity contribution < 1.29 is 9.47 Å². The molecule has 0 amide bonds. The van der Waals surface area contributed by atoms with Crippen LogP contribution < -0.4 is 5.73 Å². The first-order chi connectivity index (χ1) is 7.61. The minimum Gasteiger partial charge on any atom is -0.375 e. The summed E-state index contributed by atoms with van der Waals surface area (Å²) in [6.07, 6.45) is 7.18. The molecule has 2 atom stereocenters. The third kappa shape index (κ3) is 2.41. The van der Waals surface area contributed by atoms with Crippen LogP contribution in [0.15, 0.2) is 0 Å². The van der Waals surface area contributed by atoms with Crippen LogP contribution in [0.2, 0.25) is 0 Å². The number of ether oxygens (including phenoxy) is 2. The molecule has 2 N–H and O–H groups in total. The summed E-state index contributed by atoms with van der Waals surface area (Å²) in [4.78, 5) is 0. The number of hydrogen-bond donors (Lipinski definition) is 1. The first-order valence-corrected chi connectivity index (χ1v) is 6.63. The Balaban J connectivity index is 1.89. The second-order valence-electron chi connectivity index (χ2n) is 5.63. The standard InChI is InChI=1S/C13H25NO2/c1-3-12(2,10-14)16-11-5-8-15-13(9-11)6-4-7-13/h11H,3-10,14H2,1-2H3. The fourth-order valence-electron chi connectivity index (χ4n) is 2.68. The zero-order valence-electron chi connectivity index (χ0n) is 10.6. The van der Waals surface area contributed by atoms with E-state index in [1.165, 1.54) is 19.3 Å². The van der Waals surface area contributed by atoms with E-state index >= 15 is 0 Å². The zero-order chi connectivity index (χ0) is 11.6. The lowest BCUT2D eigenvalue weighted by atomic mass is 9.74. The SMILES string of the molecule is CCC(C)(CN)OC1CCOC2(CCC2)C1. The first-order valence-electron chi connectivity index (χ1n) is 6.63. The normalized spacial score (nSPS) is 32.1. The average molecular weight is 227 g/mol. The third-order valence-electron chi connectivity index (χ3n) is 4.34. The lowest BCUT2D eigenvalue weighted by molar-refractivity contribution is -0.193. The molecule has 0 radical (unpaired) electrons. The number of hydrogen-bond acceptors (Lipinski definition) is 3. The van der Waals surface area contributed by atoms with E-state index in [1.54, 1.807) is 0 Å². The lowest BCUT2D eigenvalue weighted by Gasteiger charge is -2.48. The van der Waals surface area contributed by atoms with E-state index in [2.05, 4.69) is 13.8 Å². The largest absolute Gasteiger partial charge is 0.375 e. The van der Waals surface area contributed by atoms with Gasteiger partial charge in [-0.25, -0.2) is 0 Å². The molecular weight excluding hydrogens is 202 g/mol. The summed E-state index contributed by atoms with van der Waals surface area (Å²) in [6, 6.07) is 0. The van der Waals surface area contributed by atoms with Crippen molar-refractivity contribution in [1.82, 2.24) is 0 Å². The topological polar surface area (TPSA) is 44.5 Å². The van der Waals surface area contributed by atoms with Gasteiger partial charge < -0.3 is 15.2 Å². The van der Waals surface area contributed by atoms with E-state index in [-0.39, 0.29) is 11.2 Å². The summed E-state index contributed by atoms with van der Waals surface area (Å²) in [7, 11) is 0. The van der Waals surface area contributed by atoms with Gasteiger partial charge in [0, 0.05) is 19.6 Å². The monoisotopic (exact) mass is 227 g/mol. The lowest BCUT2D eigenvalue weighted by Crippen LogP contribution is -2.50. The molecule has 16 heavy (non-hydrogen) atoms. The summed E-state index contributed by atoms with van der Waals surface area (Å²) < 4.78 is 12.1. The van der Waals surface area contributed by atoms with Gasteiger partial charge in [0.2, 0.25) is 0 Å². The Morgan fingerprint density at radius 3 is 2.75 bits per heavy atom. The number of rotatable bonds is 4. The second kappa shape index (κ2) is 4.63. The van der Waals surface area contributed by atoms with Crippen molar-refractivity contribution in [2.45, 2.75) is 69.7 Å². The smallest absolute Gasteiger partial charge is 0.0777 e. The van der Waals surface area contributed by atoms with Crippen molar-refractivity contribution in [3.05, 3.63) is 0 Å². The molecule has 3 heteroatoms. The molecule has 1 heterocycles. The Morgan fingerprint density at radius 2 is 2.25 bits per heavy atom. The Bertz CT molecular complexity index is 234. The van der Waals surface area contributed by atoms with Crippen LogP contribution in [0.4, 0.5) is 0 Å². The molecule has 2 fully saturated rings. The molecule has 0 aromatic carbocycles. The highest BCUT2D eigenvalue weighted by atomic mass is 16.5. The average Bonchev–Trinajstić information content (AvgIpc) is 2.27. The quantitative estimate of drug-likeness (QED) is 0.801. The second-order valence-corrected chi connectivity index (χ2v) is 5.63. The molecule has 1 spiro atoms. The fraction of sp³-hybridized carbons (Fsp3) is 1.00. The molecule has 0 bridgehead atoms. The van der Waals surface area contributed by atoms with Gasteiger partial charge in [-0.15, -0.1) is 0 Å². The Morgan fingerprint density at radius 1 is 1.50 bits per heavy atom. The Kier molecular flexibility index (Phi) is 3.57. The van der Waals surface area contributed by atoms with E-state index in [0.29, 0.717) is 12.6 Å². The van der Waals surface area contributed by atoms with Gasteiger partial charge in [-0.2, -0.15) is 0 Å². The van der Waals surface area contributed by atoms with Crippen LogP contribution in [0.3, 0.4) is 0 Å². The van der Waals surface area contributed by atoms with E-state index in [1.807, 2.05) is 0 Å². The summed E-state index contributed by atoms with van der Waals surface area (Å²) >= 11 is 0. The van der Waals surface area contributed by atoms with E-state index < -0.39 is 0 Å². The van der Waals surface area contributed by atoms with Crippen LogP contribution in [0.25, 0.3) is 0 Å². The van der Waals surface area contributed by atoms with E-state index in [9.17, 15) is 0 Å². The summed E-state index contributed by atoms with van der Waals surface area (Å²) in [5.74, 6) is 0. The van der Waals surface area contributed by atoms with Gasteiger partial charge in [0.1, 0.15) is 0 Å². The fourth-order valence-corrected chi connectivity index (χ4v) is 2.68. The van der Waals surface area contributed by atoms with Gasteiger partial charge in [0.05, 0.1) is 17.3 Å². The van der Waals surface area contributed by atoms with Crippen LogP contribution in [-0.4, -0.2) is 30.5 Å². The molecule has 2 unspecified atom stereocenters. The molecule has 0 aromatic rings. The van der Waals surface area contributed by atoms with Crippen molar-refractivity contribution in [3.63, 3.8) is 0 Å². The van der Waals surface area contributed by atoms with Crippen LogP contribution in [-0.2, 0) is 9.47 Å². The van der Waals surface area contributed by atoms with Crippen molar-refractivity contribution in [2.24, 2.45) is 5.73 Å². The molecule has 3 nitrogen and oxygen atoms in total. The van der Waals surface area contributed by atoms with E-state index in [4.69, 9.17) is 15.2 Å². The molecule has 1 aliphatic heterocycles. The van der Waals surface area contributed by atoms with E-state index in [0.717, 1.165) is 25.9 Å². The highest BCUT2D eigenvalue weighted by Gasteiger charge is 2.44. The van der Waals surface area contributed by atoms with Gasteiger partial charge in [0.25, 0.3) is 0 Å². The summed E-state index contributed by atoms with van der Waals surface area (Å²) in [6.45, 7) is 5.73. The first kappa shape index (κ1) is 12.3. The molecule has 2 aliphatic rings. The predicted octanol–water partition coefficient (Wildman–Crippen LogP) is 2.23. The van der Waals surface area contributed by atoms with Crippen LogP contribution >= 0.6 is 0 Å². The van der Waals surface area contributed by atoms with Crippen LogP contribution in [0.5, 0.6) is 0 Å². The maximum atomic E-state index is 6.20. The molecule has 2 rings (SSSR count). The van der Waals surface area contributed by atoms with Crippen molar-refractivity contribution in [2.75, 3.05) is 13.2 Å². The highest BCUT2D eigenvalue weighted by Crippen LogP contribution is 2.43. The van der Waals surface area contributed by atoms with Crippen molar-refractivity contribution in [3.8, 4) is 0 Å². The summed E-state index contributed by atoms with van der Waals surface area (Å²) in [5.41, 5.74) is 5.82. The van der Waals surface area contributed by atoms with Crippen LogP contribution in [0, 0.1) is 0 Å². The molecular formula is C13H25NO2. The van der Waals surface area contributed by atoms with Crippen molar-refractivity contribution in [1.29, 1.82) is 0 Å². The van der Waals surface area contributed by atoms with Gasteiger partial charge in [-0.05, 0) is 39.0 Å². The maximum absolute atomic E-state index is 6.20. The Hall–Kier alpha value is -0.120. The minimum absolute atomic E-state index is 0.146. The van der Waals surface area contributed by atoms with Crippen molar-refractivity contribution >= 4 is 0 Å². The van der Waals surface area contributed by atoms with Crippen LogP contribution in [0.1, 0.15) is 52.4 Å². The molecule has 1 saturated heterocycles. The Labute approximate surface area is 98.7 Å². The molecule has 1 aliphatic carbocycles. The predicted molar refractivity (Wildman–Crippen MR) is 64.4 cm³/mol. The minimum atomic E-state index is -0.146. The van der Waals surface area contributed by atoms with Gasteiger partial charge in [-0.3, -0.25) is 0 Å². The highest BCUT2D eigenvalue weighted by molar-refractivity contribution is 4.95. The number of nitrogens with two attached hydrogens (primary N) is 1. The zero-order valence-corrected chi connectivity index (χ0v) is 10.6. The van der Waals surface area contributed by atoms with Gasteiger partial charge in [0.15, 0.2) is 0 Å². The summed E-state index contributed by atoms with van der Waals surface area (Å²) in [5, 5.41) is 0.